The van der Waals surface area contributed by atoms with Crippen molar-refractivity contribution in [3.05, 3.63) is 48.6 Å². The van der Waals surface area contributed by atoms with Crippen molar-refractivity contribution in [2.75, 3.05) is 26.4 Å². The highest BCUT2D eigenvalue weighted by Gasteiger charge is 2.28. The number of unbranched alkanes of at least 4 members (excludes halogenated alkanes) is 28. The van der Waals surface area contributed by atoms with Gasteiger partial charge < -0.3 is 24.2 Å². The number of hydrogen-bond acceptors (Lipinski definition) is 10. The highest BCUT2D eigenvalue weighted by molar-refractivity contribution is 7.47. The van der Waals surface area contributed by atoms with Crippen LogP contribution in [0.15, 0.2) is 48.6 Å². The zero-order chi connectivity index (χ0) is 51.3. The van der Waals surface area contributed by atoms with E-state index in [1.165, 1.54) is 141 Å². The minimum absolute atomic E-state index is 0.0582. The molecule has 0 heterocycles. The minimum Gasteiger partial charge on any atom is -0.462 e. The van der Waals surface area contributed by atoms with Gasteiger partial charge in [0.1, 0.15) is 12.7 Å². The maximum Gasteiger partial charge on any atom is 0.472 e. The summed E-state index contributed by atoms with van der Waals surface area (Å²) >= 11 is 0. The lowest BCUT2D eigenvalue weighted by Gasteiger charge is -2.21. The molecule has 0 spiro atoms. The second-order valence-electron chi connectivity index (χ2n) is 19.1. The molecule has 0 amide bonds. The van der Waals surface area contributed by atoms with Crippen LogP contribution in [0, 0.1) is 0 Å². The van der Waals surface area contributed by atoms with Gasteiger partial charge in [0, 0.05) is 19.3 Å². The van der Waals surface area contributed by atoms with Crippen LogP contribution in [0.5, 0.6) is 0 Å². The first-order chi connectivity index (χ1) is 34.2. The fraction of sp³-hybridized carbons (Fsp3) is 0.810. The minimum atomic E-state index is -4.76. The summed E-state index contributed by atoms with van der Waals surface area (Å²) in [5.41, 5.74) is 0. The van der Waals surface area contributed by atoms with E-state index in [-0.39, 0.29) is 25.9 Å². The lowest BCUT2D eigenvalue weighted by atomic mass is 10.0. The second-order valence-corrected chi connectivity index (χ2v) is 20.5. The first-order valence-corrected chi connectivity index (χ1v) is 30.0. The topological polar surface area (TPSA) is 155 Å². The quantitative estimate of drug-likeness (QED) is 0.0197. The molecule has 0 saturated carbocycles. The summed E-state index contributed by atoms with van der Waals surface area (Å²) in [4.78, 5) is 48.4. The van der Waals surface area contributed by atoms with Gasteiger partial charge in [0.25, 0.3) is 0 Å². The maximum absolute atomic E-state index is 12.9. The first-order valence-electron chi connectivity index (χ1n) is 28.5. The molecule has 0 aromatic carbocycles. The predicted octanol–water partition coefficient (Wildman–Crippen LogP) is 16.6. The zero-order valence-corrected chi connectivity index (χ0v) is 45.9. The lowest BCUT2D eigenvalue weighted by molar-refractivity contribution is -0.161. The van der Waals surface area contributed by atoms with Crippen molar-refractivity contribution in [3.63, 3.8) is 0 Å². The van der Waals surface area contributed by atoms with Gasteiger partial charge in [-0.05, 0) is 44.9 Å². The largest absolute Gasteiger partial charge is 0.472 e. The molecular formula is C58H105O11P. The van der Waals surface area contributed by atoms with Crippen LogP contribution in [-0.2, 0) is 42.2 Å². The van der Waals surface area contributed by atoms with E-state index in [2.05, 4.69) is 57.2 Å². The Kier molecular flexibility index (Phi) is 50.8. The average Bonchev–Trinajstić information content (AvgIpc) is 3.35. The van der Waals surface area contributed by atoms with Gasteiger partial charge in [-0.2, -0.15) is 0 Å². The number of carbonyl (C=O) groups is 3. The number of allylic oxidation sites excluding steroid dienone is 8. The molecule has 0 fully saturated rings. The van der Waals surface area contributed by atoms with E-state index in [4.69, 9.17) is 23.3 Å². The van der Waals surface area contributed by atoms with Crippen molar-refractivity contribution < 1.29 is 52.2 Å². The first kappa shape index (κ1) is 67.4. The third kappa shape index (κ3) is 50.4. The fourth-order valence-electron chi connectivity index (χ4n) is 7.96. The Morgan fingerprint density at radius 1 is 0.414 bits per heavy atom. The van der Waals surface area contributed by atoms with Crippen LogP contribution in [0.1, 0.15) is 265 Å². The van der Waals surface area contributed by atoms with Gasteiger partial charge in [-0.3, -0.25) is 23.4 Å². The monoisotopic (exact) mass is 1010 g/mol. The van der Waals surface area contributed by atoms with E-state index in [0.717, 1.165) is 64.2 Å². The molecule has 3 atom stereocenters. The molecule has 0 aromatic heterocycles. The normalized spacial score (nSPS) is 13.7. The molecule has 0 aliphatic rings. The predicted molar refractivity (Wildman–Crippen MR) is 289 cm³/mol. The van der Waals surface area contributed by atoms with Crippen LogP contribution >= 0.6 is 7.82 Å². The summed E-state index contributed by atoms with van der Waals surface area (Å²) in [7, 11) is -4.76. The Hall–Kier alpha value is -2.56. The van der Waals surface area contributed by atoms with Gasteiger partial charge in [0.15, 0.2) is 6.10 Å². The molecule has 2 N–H and O–H groups in total. The summed E-state index contributed by atoms with van der Waals surface area (Å²) in [5.74, 6) is -1.53. The van der Waals surface area contributed by atoms with E-state index in [0.29, 0.717) is 19.3 Å². The molecule has 11 nitrogen and oxygen atoms in total. The molecule has 0 aromatic rings. The van der Waals surface area contributed by atoms with Crippen molar-refractivity contribution in [2.45, 2.75) is 277 Å². The summed E-state index contributed by atoms with van der Waals surface area (Å²) < 4.78 is 39.4. The number of esters is 3. The average molecular weight is 1010 g/mol. The van der Waals surface area contributed by atoms with E-state index < -0.39 is 57.8 Å². The number of carbonyl (C=O) groups excluding carboxylic acids is 3. The van der Waals surface area contributed by atoms with Gasteiger partial charge >= 0.3 is 25.7 Å². The molecule has 0 aliphatic heterocycles. The summed E-state index contributed by atoms with van der Waals surface area (Å²) in [6.45, 7) is 4.48. The van der Waals surface area contributed by atoms with Crippen LogP contribution in [-0.4, -0.2) is 66.5 Å². The highest BCUT2D eigenvalue weighted by Crippen LogP contribution is 2.43. The molecule has 3 unspecified atom stereocenters. The van der Waals surface area contributed by atoms with Crippen molar-refractivity contribution in [1.82, 2.24) is 0 Å². The van der Waals surface area contributed by atoms with Crippen LogP contribution in [0.4, 0.5) is 0 Å². The molecule has 0 saturated heterocycles. The Bertz CT molecular complexity index is 1360. The molecule has 12 heteroatoms. The summed E-state index contributed by atoms with van der Waals surface area (Å²) in [6, 6.07) is 0. The van der Waals surface area contributed by atoms with Crippen LogP contribution < -0.4 is 0 Å². The number of aliphatic hydroxyl groups excluding tert-OH is 1. The number of hydrogen-bond donors (Lipinski definition) is 2. The third-order valence-corrected chi connectivity index (χ3v) is 13.2. The Labute approximate surface area is 428 Å². The van der Waals surface area contributed by atoms with E-state index in [1.807, 2.05) is 12.2 Å². The molecule has 0 rings (SSSR count). The fourth-order valence-corrected chi connectivity index (χ4v) is 8.74. The molecule has 70 heavy (non-hydrogen) atoms. The lowest BCUT2D eigenvalue weighted by Crippen LogP contribution is -2.30. The number of ether oxygens (including phenoxy) is 3. The van der Waals surface area contributed by atoms with Crippen LogP contribution in [0.2, 0.25) is 0 Å². The van der Waals surface area contributed by atoms with E-state index in [1.54, 1.807) is 0 Å². The van der Waals surface area contributed by atoms with Crippen LogP contribution in [0.25, 0.3) is 0 Å². The van der Waals surface area contributed by atoms with Crippen LogP contribution in [0.3, 0.4) is 0 Å². The van der Waals surface area contributed by atoms with E-state index in [9.17, 15) is 28.9 Å². The number of aliphatic hydroxyl groups is 1. The Morgan fingerprint density at radius 2 is 0.743 bits per heavy atom. The van der Waals surface area contributed by atoms with Gasteiger partial charge in [0.2, 0.25) is 0 Å². The molecule has 0 radical (unpaired) electrons. The van der Waals surface area contributed by atoms with Gasteiger partial charge in [-0.25, -0.2) is 4.57 Å². The smallest absolute Gasteiger partial charge is 0.462 e. The molecule has 0 aliphatic carbocycles. The molecular weight excluding hydrogens is 904 g/mol. The Morgan fingerprint density at radius 3 is 1.14 bits per heavy atom. The maximum atomic E-state index is 12.9. The second kappa shape index (κ2) is 52.8. The summed E-state index contributed by atoms with van der Waals surface area (Å²) in [6.07, 6.45) is 55.2. The molecule has 0 bridgehead atoms. The standard InChI is InChI=1S/C58H105O11P/c1-4-7-10-13-16-19-22-25-27-30-32-35-38-41-44-47-56(60)65-51-55(69-58(62)49-46-43-40-37-34-31-28-26-23-20-17-14-11-8-5-2)53-67-70(63,64)66-52-54(50-59)68-57(61)48-45-42-39-36-33-29-24-21-18-15-12-9-6-3/h9,12,18,21,29,33,39,42,54-55,59H,4-8,10-11,13-17,19-20,22-28,30-32,34-38,40-41,43-53H2,1-3H3,(H,63,64)/b12-9-,21-18-,33-29-,42-39-. The SMILES string of the molecule is CC/C=C\C/C=C\C/C=C\C/C=C\CCC(=O)OC(CO)COP(=O)(O)OCC(COC(=O)CCCCCCCCCCCCCCCCC)OC(=O)CCCCCCCCCCCCCCCCC. The van der Waals surface area contributed by atoms with Gasteiger partial charge in [-0.1, -0.05) is 249 Å². The van der Waals surface area contributed by atoms with Crippen molar-refractivity contribution in [3.8, 4) is 0 Å². The van der Waals surface area contributed by atoms with Gasteiger partial charge in [-0.15, -0.1) is 0 Å². The number of phosphoric acid groups is 1. The number of phosphoric ester groups is 1. The van der Waals surface area contributed by atoms with Gasteiger partial charge in [0.05, 0.1) is 19.8 Å². The highest BCUT2D eigenvalue weighted by atomic mass is 31.2. The van der Waals surface area contributed by atoms with E-state index >= 15 is 0 Å². The molecule has 408 valence electrons. The van der Waals surface area contributed by atoms with Crippen molar-refractivity contribution in [2.24, 2.45) is 0 Å². The third-order valence-electron chi connectivity index (χ3n) is 12.3. The number of rotatable bonds is 53. The zero-order valence-electron chi connectivity index (χ0n) is 45.0. The van der Waals surface area contributed by atoms with Crippen molar-refractivity contribution >= 4 is 25.7 Å². The van der Waals surface area contributed by atoms with Crippen molar-refractivity contribution in [1.29, 1.82) is 0 Å². The summed E-state index contributed by atoms with van der Waals surface area (Å²) in [5, 5.41) is 9.78. The Balaban J connectivity index is 4.75.